The Hall–Kier alpha value is -4.84. The van der Waals surface area contributed by atoms with Gasteiger partial charge in [0.1, 0.15) is 12.4 Å². The zero-order valence-corrected chi connectivity index (χ0v) is 22.5. The molecule has 0 spiro atoms. The predicted molar refractivity (Wildman–Crippen MR) is 151 cm³/mol. The molecule has 1 fully saturated rings. The summed E-state index contributed by atoms with van der Waals surface area (Å²) in [5, 5.41) is 11.7. The van der Waals surface area contributed by atoms with E-state index in [4.69, 9.17) is 9.72 Å². The molecule has 204 valence electrons. The van der Waals surface area contributed by atoms with Crippen molar-refractivity contribution in [2.24, 2.45) is 7.05 Å². The minimum Gasteiger partial charge on any atom is -0.473 e. The second-order valence-electron chi connectivity index (χ2n) is 9.93. The van der Waals surface area contributed by atoms with E-state index in [9.17, 15) is 4.79 Å². The van der Waals surface area contributed by atoms with Crippen LogP contribution in [0.3, 0.4) is 0 Å². The molecule has 4 aromatic heterocycles. The Balaban J connectivity index is 1.15. The van der Waals surface area contributed by atoms with Crippen LogP contribution in [0.5, 0.6) is 5.88 Å². The van der Waals surface area contributed by atoms with Gasteiger partial charge in [-0.1, -0.05) is 12.1 Å². The fourth-order valence-corrected chi connectivity index (χ4v) is 4.91. The number of likely N-dealkylation sites (tertiary alicyclic amines) is 1. The van der Waals surface area contributed by atoms with Crippen LogP contribution < -0.4 is 15.4 Å². The monoisotopic (exact) mass is 538 g/mol. The molecule has 5 heterocycles. The number of anilines is 3. The summed E-state index contributed by atoms with van der Waals surface area (Å²) < 4.78 is 7.71. The molecule has 12 heteroatoms. The first-order chi connectivity index (χ1) is 19.4. The Morgan fingerprint density at radius 1 is 1.23 bits per heavy atom. The van der Waals surface area contributed by atoms with Crippen molar-refractivity contribution in [2.75, 3.05) is 30.3 Å². The first kappa shape index (κ1) is 25.4. The van der Waals surface area contributed by atoms with Gasteiger partial charge in [0.15, 0.2) is 5.82 Å². The van der Waals surface area contributed by atoms with Crippen molar-refractivity contribution < 1.29 is 9.53 Å². The molecule has 1 amide bonds. The third kappa shape index (κ3) is 5.34. The van der Waals surface area contributed by atoms with Crippen LogP contribution in [0.25, 0.3) is 22.2 Å². The fraction of sp³-hybridized carbons (Fsp3) is 0.286. The van der Waals surface area contributed by atoms with Crippen LogP contribution in [0.4, 0.5) is 17.5 Å². The summed E-state index contributed by atoms with van der Waals surface area (Å²) in [5.74, 6) is 1.62. The summed E-state index contributed by atoms with van der Waals surface area (Å²) in [4.78, 5) is 35.7. The normalized spacial score (nSPS) is 15.4. The summed E-state index contributed by atoms with van der Waals surface area (Å²) >= 11 is 0. The summed E-state index contributed by atoms with van der Waals surface area (Å²) in [7, 11) is 1.89. The highest BCUT2D eigenvalue weighted by Gasteiger charge is 2.26. The molecule has 1 aliphatic heterocycles. The molecule has 0 saturated carbocycles. The number of nitrogens with zero attached hydrogens (tertiary/aromatic N) is 7. The van der Waals surface area contributed by atoms with Gasteiger partial charge in [-0.2, -0.15) is 5.10 Å². The van der Waals surface area contributed by atoms with Gasteiger partial charge in [-0.25, -0.2) is 19.9 Å². The molecule has 0 bridgehead atoms. The SMILES string of the molecule is Cc1cnc(Nc2cc(C)n(C)n2)nc1-c1c[nH]c2c(NC(=O)CN3CCC(Oc4ccncn4)C3)cccc12. The average Bonchev–Trinajstić information content (AvgIpc) is 3.65. The van der Waals surface area contributed by atoms with E-state index in [0.29, 0.717) is 24.2 Å². The molecule has 1 atom stereocenters. The van der Waals surface area contributed by atoms with Crippen molar-refractivity contribution in [3.63, 3.8) is 0 Å². The highest BCUT2D eigenvalue weighted by atomic mass is 16.5. The average molecular weight is 539 g/mol. The van der Waals surface area contributed by atoms with Crippen molar-refractivity contribution in [1.82, 2.24) is 39.6 Å². The predicted octanol–water partition coefficient (Wildman–Crippen LogP) is 3.60. The van der Waals surface area contributed by atoms with Crippen LogP contribution in [0.1, 0.15) is 17.7 Å². The zero-order valence-electron chi connectivity index (χ0n) is 22.5. The summed E-state index contributed by atoms with van der Waals surface area (Å²) in [5.41, 5.74) is 5.25. The van der Waals surface area contributed by atoms with Crippen LogP contribution >= 0.6 is 0 Å². The van der Waals surface area contributed by atoms with E-state index >= 15 is 0 Å². The molecule has 12 nitrogen and oxygen atoms in total. The molecule has 40 heavy (non-hydrogen) atoms. The Morgan fingerprint density at radius 3 is 2.92 bits per heavy atom. The minimum atomic E-state index is -0.0818. The van der Waals surface area contributed by atoms with Gasteiger partial charge < -0.3 is 20.4 Å². The van der Waals surface area contributed by atoms with Gasteiger partial charge in [-0.15, -0.1) is 0 Å². The van der Waals surface area contributed by atoms with Crippen LogP contribution in [0.15, 0.2) is 55.2 Å². The van der Waals surface area contributed by atoms with Crippen LogP contribution in [0, 0.1) is 13.8 Å². The Kier molecular flexibility index (Phi) is 6.83. The molecular formula is C28H30N10O2. The van der Waals surface area contributed by atoms with Gasteiger partial charge in [0, 0.05) is 67.5 Å². The molecule has 1 aromatic carbocycles. The number of hydrogen-bond donors (Lipinski definition) is 3. The van der Waals surface area contributed by atoms with Crippen molar-refractivity contribution in [2.45, 2.75) is 26.4 Å². The number of ether oxygens (including phenoxy) is 1. The molecule has 1 aliphatic rings. The first-order valence-corrected chi connectivity index (χ1v) is 13.1. The topological polar surface area (TPSA) is 139 Å². The molecule has 1 saturated heterocycles. The number of benzene rings is 1. The van der Waals surface area contributed by atoms with E-state index in [0.717, 1.165) is 52.1 Å². The smallest absolute Gasteiger partial charge is 0.238 e. The molecule has 3 N–H and O–H groups in total. The second-order valence-corrected chi connectivity index (χ2v) is 9.93. The quantitative estimate of drug-likeness (QED) is 0.270. The van der Waals surface area contributed by atoms with E-state index in [2.05, 4.69) is 40.6 Å². The minimum absolute atomic E-state index is 0.00530. The number of amides is 1. The lowest BCUT2D eigenvalue weighted by molar-refractivity contribution is -0.117. The summed E-state index contributed by atoms with van der Waals surface area (Å²) in [6.45, 7) is 5.68. The Bertz CT molecular complexity index is 1640. The van der Waals surface area contributed by atoms with E-state index in [-0.39, 0.29) is 18.6 Å². The highest BCUT2D eigenvalue weighted by molar-refractivity contribution is 6.06. The molecule has 6 rings (SSSR count). The number of nitrogens with one attached hydrogen (secondary N) is 3. The van der Waals surface area contributed by atoms with Crippen LogP contribution in [-0.4, -0.2) is 71.2 Å². The van der Waals surface area contributed by atoms with Crippen molar-refractivity contribution >= 4 is 34.3 Å². The number of para-hydroxylation sites is 1. The molecule has 0 radical (unpaired) electrons. The maximum Gasteiger partial charge on any atom is 0.238 e. The van der Waals surface area contributed by atoms with E-state index in [1.165, 1.54) is 6.33 Å². The standard InChI is InChI=1S/C28H30N10O2/c1-17-12-31-28(34-23-11-18(2)37(3)36-23)35-26(17)21-13-30-27-20(21)5-4-6-22(27)33-24(39)15-38-10-8-19(14-38)40-25-7-9-29-16-32-25/h4-7,9,11-13,16,19,30H,8,10,14-15H2,1-3H3,(H,33,39)(H,31,34,35,36). The number of rotatable bonds is 8. The lowest BCUT2D eigenvalue weighted by atomic mass is 10.1. The largest absolute Gasteiger partial charge is 0.473 e. The van der Waals surface area contributed by atoms with E-state index < -0.39 is 0 Å². The van der Waals surface area contributed by atoms with Gasteiger partial charge in [0.2, 0.25) is 17.7 Å². The summed E-state index contributed by atoms with van der Waals surface area (Å²) in [6.07, 6.45) is 7.66. The number of hydrogen-bond acceptors (Lipinski definition) is 9. The number of H-pyrrole nitrogens is 1. The zero-order chi connectivity index (χ0) is 27.6. The van der Waals surface area contributed by atoms with Crippen LogP contribution in [-0.2, 0) is 11.8 Å². The number of carbonyl (C=O) groups is 1. The number of aromatic amines is 1. The molecule has 5 aromatic rings. The summed E-state index contributed by atoms with van der Waals surface area (Å²) in [6, 6.07) is 9.53. The van der Waals surface area contributed by atoms with Gasteiger partial charge >= 0.3 is 0 Å². The van der Waals surface area contributed by atoms with Gasteiger partial charge in [0.05, 0.1) is 23.4 Å². The molecule has 0 aliphatic carbocycles. The maximum atomic E-state index is 13.0. The lowest BCUT2D eigenvalue weighted by Gasteiger charge is -2.16. The number of aryl methyl sites for hydroxylation is 3. The van der Waals surface area contributed by atoms with E-state index in [1.54, 1.807) is 23.1 Å². The van der Waals surface area contributed by atoms with Crippen molar-refractivity contribution in [1.29, 1.82) is 0 Å². The van der Waals surface area contributed by atoms with E-state index in [1.807, 2.05) is 51.4 Å². The first-order valence-electron chi connectivity index (χ1n) is 13.1. The number of carbonyl (C=O) groups excluding carboxylic acids is 1. The van der Waals surface area contributed by atoms with Crippen molar-refractivity contribution in [3.8, 4) is 17.1 Å². The third-order valence-electron chi connectivity index (χ3n) is 7.01. The van der Waals surface area contributed by atoms with Crippen molar-refractivity contribution in [3.05, 3.63) is 66.5 Å². The Morgan fingerprint density at radius 2 is 2.12 bits per heavy atom. The van der Waals surface area contributed by atoms with Gasteiger partial charge in [-0.05, 0) is 31.9 Å². The van der Waals surface area contributed by atoms with Crippen LogP contribution in [0.2, 0.25) is 0 Å². The lowest BCUT2D eigenvalue weighted by Crippen LogP contribution is -2.33. The third-order valence-corrected chi connectivity index (χ3v) is 7.01. The Labute approximate surface area is 230 Å². The fourth-order valence-electron chi connectivity index (χ4n) is 4.91. The molecule has 1 unspecified atom stereocenters. The number of fused-ring (bicyclic) bond motifs is 1. The van der Waals surface area contributed by atoms with Gasteiger partial charge in [0.25, 0.3) is 0 Å². The maximum absolute atomic E-state index is 13.0. The molecular weight excluding hydrogens is 508 g/mol. The second kappa shape index (κ2) is 10.7. The highest BCUT2D eigenvalue weighted by Crippen LogP contribution is 2.33. The van der Waals surface area contributed by atoms with Gasteiger partial charge in [-0.3, -0.25) is 14.4 Å². The number of aromatic nitrogens is 7.